The number of aromatic hydroxyl groups is 1. The van der Waals surface area contributed by atoms with E-state index in [1.54, 1.807) is 30.3 Å². The molecule has 2 aromatic carbocycles. The minimum atomic E-state index is -0.852. The van der Waals surface area contributed by atoms with Gasteiger partial charge in [-0.3, -0.25) is 4.79 Å². The summed E-state index contributed by atoms with van der Waals surface area (Å²) in [5.41, 5.74) is 0.737. The van der Waals surface area contributed by atoms with Crippen molar-refractivity contribution in [3.8, 4) is 5.75 Å². The smallest absolute Gasteiger partial charge is 0.307 e. The van der Waals surface area contributed by atoms with Crippen LogP contribution in [0.1, 0.15) is 5.56 Å². The second-order valence-electron chi connectivity index (χ2n) is 3.40. The molecule has 2 rings (SSSR count). The van der Waals surface area contributed by atoms with Crippen molar-refractivity contribution in [2.24, 2.45) is 0 Å². The molecule has 3 nitrogen and oxygen atoms in total. The van der Waals surface area contributed by atoms with Gasteiger partial charge in [0.15, 0.2) is 0 Å². The molecule has 0 aliphatic carbocycles. The Morgan fingerprint density at radius 3 is 2.73 bits per heavy atom. The fourth-order valence-electron chi connectivity index (χ4n) is 1.60. The number of carboxylic acids is 1. The van der Waals surface area contributed by atoms with Gasteiger partial charge < -0.3 is 10.2 Å². The summed E-state index contributed by atoms with van der Waals surface area (Å²) >= 11 is 0. The lowest BCUT2D eigenvalue weighted by atomic mass is 10.0. The molecule has 0 amide bonds. The van der Waals surface area contributed by atoms with E-state index in [-0.39, 0.29) is 12.2 Å². The third kappa shape index (κ3) is 1.91. The highest BCUT2D eigenvalue weighted by molar-refractivity contribution is 5.89. The van der Waals surface area contributed by atoms with Crippen molar-refractivity contribution in [2.75, 3.05) is 0 Å². The summed E-state index contributed by atoms with van der Waals surface area (Å²) in [6.45, 7) is 0. The minimum absolute atomic E-state index is 0.00555. The van der Waals surface area contributed by atoms with Crippen LogP contribution in [-0.4, -0.2) is 16.2 Å². The molecule has 0 aliphatic heterocycles. The molecule has 0 atom stereocenters. The van der Waals surface area contributed by atoms with E-state index in [1.807, 2.05) is 6.07 Å². The van der Waals surface area contributed by atoms with E-state index < -0.39 is 5.97 Å². The molecule has 0 saturated carbocycles. The van der Waals surface area contributed by atoms with Gasteiger partial charge in [0.05, 0.1) is 6.42 Å². The number of carboxylic acid groups (broad SMARTS) is 1. The molecule has 0 spiro atoms. The van der Waals surface area contributed by atoms with Gasteiger partial charge in [0.25, 0.3) is 0 Å². The highest BCUT2D eigenvalue weighted by Gasteiger charge is 2.03. The third-order valence-electron chi connectivity index (χ3n) is 2.28. The number of benzene rings is 2. The van der Waals surface area contributed by atoms with Gasteiger partial charge in [-0.05, 0) is 17.0 Å². The molecule has 0 aliphatic rings. The molecular weight excluding hydrogens is 192 g/mol. The maximum Gasteiger partial charge on any atom is 0.307 e. The number of rotatable bonds is 2. The van der Waals surface area contributed by atoms with Gasteiger partial charge in [0.1, 0.15) is 5.75 Å². The van der Waals surface area contributed by atoms with E-state index in [1.165, 1.54) is 0 Å². The molecule has 15 heavy (non-hydrogen) atoms. The highest BCUT2D eigenvalue weighted by atomic mass is 16.4. The van der Waals surface area contributed by atoms with Crippen molar-refractivity contribution < 1.29 is 15.0 Å². The Hall–Kier alpha value is -2.03. The summed E-state index contributed by atoms with van der Waals surface area (Å²) < 4.78 is 0. The second-order valence-corrected chi connectivity index (χ2v) is 3.40. The topological polar surface area (TPSA) is 57.5 Å². The Bertz CT molecular complexity index is 517. The summed E-state index contributed by atoms with van der Waals surface area (Å²) in [5, 5.41) is 19.8. The van der Waals surface area contributed by atoms with Crippen molar-refractivity contribution in [1.29, 1.82) is 0 Å². The van der Waals surface area contributed by atoms with Crippen LogP contribution in [-0.2, 0) is 11.2 Å². The fraction of sp³-hybridized carbons (Fsp3) is 0.0833. The maximum atomic E-state index is 10.5. The summed E-state index contributed by atoms with van der Waals surface area (Å²) in [4.78, 5) is 10.5. The molecule has 2 aromatic rings. The molecule has 0 heterocycles. The minimum Gasteiger partial charge on any atom is -0.507 e. The number of hydrogen-bond donors (Lipinski definition) is 2. The zero-order valence-corrected chi connectivity index (χ0v) is 7.97. The van der Waals surface area contributed by atoms with Crippen molar-refractivity contribution >= 4 is 16.7 Å². The van der Waals surface area contributed by atoms with Gasteiger partial charge in [0, 0.05) is 5.39 Å². The molecule has 0 saturated heterocycles. The van der Waals surface area contributed by atoms with Gasteiger partial charge in [0.2, 0.25) is 0 Å². The Labute approximate surface area is 86.6 Å². The molecule has 76 valence electrons. The van der Waals surface area contributed by atoms with E-state index in [0.29, 0.717) is 0 Å². The van der Waals surface area contributed by atoms with Crippen LogP contribution in [0, 0.1) is 0 Å². The molecule has 0 radical (unpaired) electrons. The van der Waals surface area contributed by atoms with Crippen LogP contribution >= 0.6 is 0 Å². The van der Waals surface area contributed by atoms with Crippen LogP contribution in [0.25, 0.3) is 10.8 Å². The first-order chi connectivity index (χ1) is 7.16. The van der Waals surface area contributed by atoms with E-state index in [2.05, 4.69) is 0 Å². The first-order valence-corrected chi connectivity index (χ1v) is 4.59. The third-order valence-corrected chi connectivity index (χ3v) is 2.28. The second kappa shape index (κ2) is 3.61. The number of phenolic OH excluding ortho intramolecular Hbond substituents is 1. The van der Waals surface area contributed by atoms with Gasteiger partial charge in [-0.15, -0.1) is 0 Å². The van der Waals surface area contributed by atoms with Crippen LogP contribution in [0.5, 0.6) is 5.75 Å². The van der Waals surface area contributed by atoms with Crippen LogP contribution in [0.15, 0.2) is 36.4 Å². The van der Waals surface area contributed by atoms with Crippen LogP contribution in [0.3, 0.4) is 0 Å². The Balaban J connectivity index is 2.52. The zero-order chi connectivity index (χ0) is 10.8. The predicted octanol–water partition coefficient (Wildman–Crippen LogP) is 2.17. The lowest BCUT2D eigenvalue weighted by Crippen LogP contribution is -1.99. The quantitative estimate of drug-likeness (QED) is 0.784. The molecular formula is C12H10O3. The average molecular weight is 202 g/mol. The van der Waals surface area contributed by atoms with Gasteiger partial charge in [-0.1, -0.05) is 30.3 Å². The Kier molecular flexibility index (Phi) is 2.29. The monoisotopic (exact) mass is 202 g/mol. The van der Waals surface area contributed by atoms with Crippen LogP contribution in [0.2, 0.25) is 0 Å². The Morgan fingerprint density at radius 1 is 1.20 bits per heavy atom. The van der Waals surface area contributed by atoms with Crippen molar-refractivity contribution in [3.05, 3.63) is 42.0 Å². The molecule has 2 N–H and O–H groups in total. The predicted molar refractivity (Wildman–Crippen MR) is 57.0 cm³/mol. The zero-order valence-electron chi connectivity index (χ0n) is 7.97. The normalized spacial score (nSPS) is 10.4. The molecule has 0 unspecified atom stereocenters. The lowest BCUT2D eigenvalue weighted by Gasteiger charge is -2.02. The molecule has 0 aromatic heterocycles. The number of phenols is 1. The molecule has 0 fully saturated rings. The highest BCUT2D eigenvalue weighted by Crippen LogP contribution is 2.25. The number of hydrogen-bond acceptors (Lipinski definition) is 2. The van der Waals surface area contributed by atoms with E-state index in [0.717, 1.165) is 16.3 Å². The van der Waals surface area contributed by atoms with Gasteiger partial charge in [-0.25, -0.2) is 0 Å². The summed E-state index contributed by atoms with van der Waals surface area (Å²) in [6.07, 6.45) is 0.00555. The van der Waals surface area contributed by atoms with Gasteiger partial charge >= 0.3 is 5.97 Å². The number of carbonyl (C=O) groups is 1. The van der Waals surface area contributed by atoms with Crippen molar-refractivity contribution in [1.82, 2.24) is 0 Å². The van der Waals surface area contributed by atoms with Crippen LogP contribution in [0.4, 0.5) is 0 Å². The van der Waals surface area contributed by atoms with Crippen molar-refractivity contribution in [3.63, 3.8) is 0 Å². The van der Waals surface area contributed by atoms with E-state index in [4.69, 9.17) is 5.11 Å². The van der Waals surface area contributed by atoms with Crippen LogP contribution < -0.4 is 0 Å². The van der Waals surface area contributed by atoms with E-state index >= 15 is 0 Å². The van der Waals surface area contributed by atoms with E-state index in [9.17, 15) is 9.90 Å². The first kappa shape index (κ1) is 9.52. The van der Waals surface area contributed by atoms with Gasteiger partial charge in [-0.2, -0.15) is 0 Å². The number of fused-ring (bicyclic) bond motifs is 1. The Morgan fingerprint density at radius 2 is 2.00 bits per heavy atom. The summed E-state index contributed by atoms with van der Waals surface area (Å²) in [7, 11) is 0. The first-order valence-electron chi connectivity index (χ1n) is 4.59. The average Bonchev–Trinajstić information content (AvgIpc) is 2.17. The maximum absolute atomic E-state index is 10.5. The summed E-state index contributed by atoms with van der Waals surface area (Å²) in [6, 6.07) is 10.4. The molecule has 0 bridgehead atoms. The largest absolute Gasteiger partial charge is 0.507 e. The van der Waals surface area contributed by atoms with Crippen molar-refractivity contribution in [2.45, 2.75) is 6.42 Å². The summed E-state index contributed by atoms with van der Waals surface area (Å²) in [5.74, 6) is -0.635. The standard InChI is InChI=1S/C12H10O3/c13-11-3-1-2-9-6-8(7-12(14)15)4-5-10(9)11/h1-6,13H,7H2,(H,14,15). The lowest BCUT2D eigenvalue weighted by molar-refractivity contribution is -0.136. The fourth-order valence-corrected chi connectivity index (χ4v) is 1.60. The SMILES string of the molecule is O=C(O)Cc1ccc2c(O)cccc2c1. The number of aliphatic carboxylic acids is 1. The molecule has 3 heteroatoms.